The standard InChI is InChI=1S/C30H24F6O2S2/c1-2-9-24-22(17-25(40(24,37)38)20-12-7-4-8-13-20)27-26(28(31,32)30(35,36)29(27,33)34)21(18-14-15-18)16-23(39)19-10-5-3-6-11-19/h3-8,10-13,16-17,39H,2,9,14-15H2,1H3/b23-16-. The Morgan fingerprint density at radius 1 is 0.900 bits per heavy atom. The molecule has 5 rings (SSSR count). The Morgan fingerprint density at radius 3 is 2.02 bits per heavy atom. The molecule has 0 saturated heterocycles. The van der Waals surface area contributed by atoms with Gasteiger partial charge in [0.15, 0.2) is 0 Å². The van der Waals surface area contributed by atoms with Crippen molar-refractivity contribution in [2.45, 2.75) is 50.4 Å². The highest BCUT2D eigenvalue weighted by Crippen LogP contribution is 2.65. The molecule has 1 saturated carbocycles. The summed E-state index contributed by atoms with van der Waals surface area (Å²) in [5.41, 5.74) is -3.59. The Bertz CT molecular complexity index is 1630. The Morgan fingerprint density at radius 2 is 1.48 bits per heavy atom. The van der Waals surface area contributed by atoms with Crippen LogP contribution >= 0.6 is 12.6 Å². The molecule has 10 heteroatoms. The van der Waals surface area contributed by atoms with E-state index in [1.807, 2.05) is 0 Å². The molecule has 2 nitrogen and oxygen atoms in total. The first-order chi connectivity index (χ1) is 18.8. The van der Waals surface area contributed by atoms with E-state index in [9.17, 15) is 8.42 Å². The first-order valence-electron chi connectivity index (χ1n) is 12.6. The maximum atomic E-state index is 15.7. The smallest absolute Gasteiger partial charge is 0.219 e. The van der Waals surface area contributed by atoms with Crippen molar-refractivity contribution in [3.63, 3.8) is 0 Å². The molecule has 1 heterocycles. The van der Waals surface area contributed by atoms with Crippen LogP contribution in [0.5, 0.6) is 0 Å². The Labute approximate surface area is 233 Å². The molecular weight excluding hydrogens is 570 g/mol. The van der Waals surface area contributed by atoms with Crippen LogP contribution in [-0.2, 0) is 9.84 Å². The van der Waals surface area contributed by atoms with Crippen molar-refractivity contribution in [2.75, 3.05) is 0 Å². The van der Waals surface area contributed by atoms with Gasteiger partial charge in [0, 0.05) is 21.6 Å². The molecule has 3 aliphatic rings. The van der Waals surface area contributed by atoms with E-state index in [0.29, 0.717) is 5.56 Å². The van der Waals surface area contributed by atoms with Crippen LogP contribution in [0.4, 0.5) is 26.3 Å². The van der Waals surface area contributed by atoms with Gasteiger partial charge in [-0.25, -0.2) is 8.42 Å². The van der Waals surface area contributed by atoms with Crippen LogP contribution < -0.4 is 0 Å². The lowest BCUT2D eigenvalue weighted by Gasteiger charge is -2.26. The first kappa shape index (κ1) is 28.5. The summed E-state index contributed by atoms with van der Waals surface area (Å²) in [7, 11) is -4.44. The molecule has 0 unspecified atom stereocenters. The Hall–Kier alpha value is -2.98. The zero-order chi connectivity index (χ0) is 29.1. The molecule has 0 N–H and O–H groups in total. The van der Waals surface area contributed by atoms with E-state index in [1.165, 1.54) is 24.3 Å². The topological polar surface area (TPSA) is 34.1 Å². The van der Waals surface area contributed by atoms with Crippen LogP contribution in [-0.4, -0.2) is 26.2 Å². The average molecular weight is 595 g/mol. The lowest BCUT2D eigenvalue weighted by molar-refractivity contribution is -0.263. The van der Waals surface area contributed by atoms with Gasteiger partial charge in [0.05, 0.1) is 9.81 Å². The van der Waals surface area contributed by atoms with Crippen LogP contribution in [0.15, 0.2) is 106 Å². The van der Waals surface area contributed by atoms with Crippen molar-refractivity contribution < 1.29 is 34.8 Å². The van der Waals surface area contributed by atoms with Crippen molar-refractivity contribution >= 4 is 32.3 Å². The fourth-order valence-corrected chi connectivity index (χ4v) is 7.25. The second-order valence-electron chi connectivity index (χ2n) is 9.85. The third-order valence-corrected chi connectivity index (χ3v) is 9.55. The minimum absolute atomic E-state index is 0.110. The molecule has 210 valence electrons. The highest BCUT2D eigenvalue weighted by molar-refractivity contribution is 8.04. The summed E-state index contributed by atoms with van der Waals surface area (Å²) in [5.74, 6) is -16.5. The van der Waals surface area contributed by atoms with Crippen LogP contribution in [0.2, 0.25) is 0 Å². The van der Waals surface area contributed by atoms with E-state index in [-0.39, 0.29) is 41.7 Å². The molecule has 0 amide bonds. The first-order valence-corrected chi connectivity index (χ1v) is 14.5. The molecule has 1 aliphatic heterocycles. The predicted molar refractivity (Wildman–Crippen MR) is 147 cm³/mol. The van der Waals surface area contributed by atoms with E-state index in [2.05, 4.69) is 12.6 Å². The second-order valence-corrected chi connectivity index (χ2v) is 12.3. The molecule has 2 aliphatic carbocycles. The maximum Gasteiger partial charge on any atom is 0.380 e. The summed E-state index contributed by atoms with van der Waals surface area (Å²) in [4.78, 5) is -0.866. The van der Waals surface area contributed by atoms with Crippen molar-refractivity contribution in [3.8, 4) is 0 Å². The zero-order valence-electron chi connectivity index (χ0n) is 21.2. The molecule has 0 atom stereocenters. The highest BCUT2D eigenvalue weighted by atomic mass is 32.2. The van der Waals surface area contributed by atoms with Gasteiger partial charge in [-0.15, -0.1) is 12.6 Å². The van der Waals surface area contributed by atoms with Crippen LogP contribution in [0, 0.1) is 0 Å². The molecule has 40 heavy (non-hydrogen) atoms. The average Bonchev–Trinajstić information content (AvgIpc) is 3.71. The van der Waals surface area contributed by atoms with Crippen molar-refractivity contribution in [1.82, 2.24) is 0 Å². The summed E-state index contributed by atoms with van der Waals surface area (Å²) in [6, 6.07) is 15.8. The summed E-state index contributed by atoms with van der Waals surface area (Å²) in [5, 5.41) is 0. The third kappa shape index (κ3) is 4.31. The summed E-state index contributed by atoms with van der Waals surface area (Å²) in [6.45, 7) is 1.58. The summed E-state index contributed by atoms with van der Waals surface area (Å²) in [6.07, 6.45) is 2.29. The Balaban J connectivity index is 1.85. The number of halogens is 6. The quantitative estimate of drug-likeness (QED) is 0.257. The van der Waals surface area contributed by atoms with Gasteiger partial charge in [-0.1, -0.05) is 79.6 Å². The Kier molecular flexibility index (Phi) is 7.02. The number of thiol groups is 1. The molecule has 2 aromatic rings. The normalized spacial score (nSPS) is 22.6. The predicted octanol–water partition coefficient (Wildman–Crippen LogP) is 8.79. The molecule has 1 fully saturated rings. The van der Waals surface area contributed by atoms with Crippen LogP contribution in [0.25, 0.3) is 9.81 Å². The zero-order valence-corrected chi connectivity index (χ0v) is 22.9. The van der Waals surface area contributed by atoms with Gasteiger partial charge in [0.1, 0.15) is 0 Å². The lowest BCUT2D eigenvalue weighted by atomic mass is 9.91. The maximum absolute atomic E-state index is 15.7. The fourth-order valence-electron chi connectivity index (χ4n) is 5.06. The SMILES string of the molecule is CCCC1=C(C2=C(C(/C=C(\S)c3ccccc3)=C3CC3)C(F)(F)C(F)(F)C2(F)F)C=C(c2ccccc2)S1(=O)=O. The fraction of sp³-hybridized carbons (Fsp3) is 0.267. The van der Waals surface area contributed by atoms with E-state index < -0.39 is 59.7 Å². The van der Waals surface area contributed by atoms with Gasteiger partial charge < -0.3 is 0 Å². The van der Waals surface area contributed by atoms with Gasteiger partial charge >= 0.3 is 17.8 Å². The van der Waals surface area contributed by atoms with Crippen molar-refractivity contribution in [2.24, 2.45) is 0 Å². The van der Waals surface area contributed by atoms with Gasteiger partial charge in [-0.05, 0) is 48.1 Å². The van der Waals surface area contributed by atoms with Crippen LogP contribution in [0.1, 0.15) is 43.7 Å². The highest BCUT2D eigenvalue weighted by Gasteiger charge is 2.81. The number of hydrogen-bond acceptors (Lipinski definition) is 3. The molecule has 2 aromatic carbocycles. The number of alkyl halides is 6. The van der Waals surface area contributed by atoms with Gasteiger partial charge in [-0.3, -0.25) is 0 Å². The monoisotopic (exact) mass is 594 g/mol. The minimum atomic E-state index is -5.81. The number of hydrogen-bond donors (Lipinski definition) is 1. The van der Waals surface area contributed by atoms with Crippen LogP contribution in [0.3, 0.4) is 0 Å². The third-order valence-electron chi connectivity index (χ3n) is 7.16. The molecule has 0 spiro atoms. The van der Waals surface area contributed by atoms with E-state index in [4.69, 9.17) is 0 Å². The van der Waals surface area contributed by atoms with Gasteiger partial charge in [0.2, 0.25) is 9.84 Å². The molecule has 0 aromatic heterocycles. The van der Waals surface area contributed by atoms with E-state index in [1.54, 1.807) is 43.3 Å². The summed E-state index contributed by atoms with van der Waals surface area (Å²) >= 11 is 4.36. The van der Waals surface area contributed by atoms with Gasteiger partial charge in [-0.2, -0.15) is 26.3 Å². The number of sulfone groups is 1. The number of allylic oxidation sites excluding steroid dienone is 8. The molecular formula is C30H24F6O2S2. The van der Waals surface area contributed by atoms with Crippen molar-refractivity contribution in [1.29, 1.82) is 0 Å². The van der Waals surface area contributed by atoms with E-state index in [0.717, 1.165) is 12.2 Å². The largest absolute Gasteiger partial charge is 0.380 e. The summed E-state index contributed by atoms with van der Waals surface area (Å²) < 4.78 is 120. The number of benzene rings is 2. The lowest BCUT2D eigenvalue weighted by Crippen LogP contribution is -2.49. The second kappa shape index (κ2) is 9.83. The molecule has 0 radical (unpaired) electrons. The van der Waals surface area contributed by atoms with E-state index >= 15 is 26.3 Å². The number of rotatable bonds is 7. The van der Waals surface area contributed by atoms with Crippen molar-refractivity contribution in [3.05, 3.63) is 117 Å². The molecule has 0 bridgehead atoms. The minimum Gasteiger partial charge on any atom is -0.219 e. The van der Waals surface area contributed by atoms with Gasteiger partial charge in [0.25, 0.3) is 0 Å².